The molecule has 0 bridgehead atoms. The quantitative estimate of drug-likeness (QED) is 0.429. The number of non-ortho nitro benzene ring substituents is 1. The minimum Gasteiger partial charge on any atom is -0.330 e. The van der Waals surface area contributed by atoms with E-state index in [1.165, 1.54) is 18.2 Å². The van der Waals surface area contributed by atoms with Gasteiger partial charge in [0.15, 0.2) is 0 Å². The van der Waals surface area contributed by atoms with E-state index in [1.54, 1.807) is 0 Å². The summed E-state index contributed by atoms with van der Waals surface area (Å²) in [5.74, 6) is 0. The summed E-state index contributed by atoms with van der Waals surface area (Å²) in [5.41, 5.74) is 5.04. The van der Waals surface area contributed by atoms with Crippen LogP contribution in [0.15, 0.2) is 29.2 Å². The molecule has 1 aromatic carbocycles. The lowest BCUT2D eigenvalue weighted by Crippen LogP contribution is -2.25. The second-order valence-electron chi connectivity index (χ2n) is 3.65. The van der Waals surface area contributed by atoms with Crippen LogP contribution in [0.2, 0.25) is 0 Å². The van der Waals surface area contributed by atoms with Gasteiger partial charge >= 0.3 is 0 Å². The van der Waals surface area contributed by atoms with Crippen LogP contribution >= 0.6 is 0 Å². The highest BCUT2D eigenvalue weighted by Gasteiger charge is 2.16. The summed E-state index contributed by atoms with van der Waals surface area (Å²) in [4.78, 5) is 9.82. The Hall–Kier alpha value is -1.51. The average molecular weight is 273 g/mol. The zero-order valence-corrected chi connectivity index (χ0v) is 10.5. The van der Waals surface area contributed by atoms with Gasteiger partial charge in [-0.1, -0.05) is 6.07 Å². The summed E-state index contributed by atoms with van der Waals surface area (Å²) in [6.07, 6.45) is 1.35. The molecule has 0 amide bonds. The smallest absolute Gasteiger partial charge is 0.270 e. The van der Waals surface area contributed by atoms with E-state index in [0.717, 1.165) is 12.5 Å². The molecule has 0 atom stereocenters. The summed E-state index contributed by atoms with van der Waals surface area (Å²) in [5, 5.41) is 10.6. The fourth-order valence-corrected chi connectivity index (χ4v) is 2.44. The molecule has 3 N–H and O–H groups in total. The molecule has 0 fully saturated rings. The molecule has 0 aliphatic carbocycles. The number of nitrogens with zero attached hydrogens (tertiary/aromatic N) is 1. The summed E-state index contributed by atoms with van der Waals surface area (Å²) in [6.45, 7) is 0.765. The highest BCUT2D eigenvalue weighted by molar-refractivity contribution is 7.89. The fourth-order valence-electron chi connectivity index (χ4n) is 1.32. The maximum absolute atomic E-state index is 11.8. The maximum atomic E-state index is 11.8. The van der Waals surface area contributed by atoms with Crippen LogP contribution in [0.25, 0.3) is 0 Å². The first-order valence-corrected chi connectivity index (χ1v) is 6.90. The molecule has 0 heterocycles. The number of nitro groups is 1. The van der Waals surface area contributed by atoms with E-state index in [4.69, 9.17) is 5.73 Å². The van der Waals surface area contributed by atoms with Gasteiger partial charge < -0.3 is 5.73 Å². The van der Waals surface area contributed by atoms with E-state index in [2.05, 4.69) is 4.72 Å². The lowest BCUT2D eigenvalue weighted by molar-refractivity contribution is -0.385. The van der Waals surface area contributed by atoms with Crippen LogP contribution in [0.3, 0.4) is 0 Å². The molecule has 0 saturated carbocycles. The van der Waals surface area contributed by atoms with Crippen LogP contribution in [-0.2, 0) is 10.0 Å². The maximum Gasteiger partial charge on any atom is 0.270 e. The molecule has 7 nitrogen and oxygen atoms in total. The summed E-state index contributed by atoms with van der Waals surface area (Å²) >= 11 is 0. The SMILES string of the molecule is NCCCCNS(=O)(=O)c1cccc([N+](=O)[O-])c1. The Morgan fingerprint density at radius 1 is 1.33 bits per heavy atom. The number of sulfonamides is 1. The van der Waals surface area contributed by atoms with Crippen molar-refractivity contribution in [2.24, 2.45) is 5.73 Å². The number of nitro benzene ring substituents is 1. The zero-order chi connectivity index (χ0) is 13.6. The van der Waals surface area contributed by atoms with Crippen LogP contribution in [-0.4, -0.2) is 26.4 Å². The van der Waals surface area contributed by atoms with E-state index < -0.39 is 14.9 Å². The van der Waals surface area contributed by atoms with Crippen molar-refractivity contribution in [1.82, 2.24) is 4.72 Å². The first-order valence-electron chi connectivity index (χ1n) is 5.41. The minimum absolute atomic E-state index is 0.107. The largest absolute Gasteiger partial charge is 0.330 e. The van der Waals surface area contributed by atoms with Crippen molar-refractivity contribution in [3.63, 3.8) is 0 Å². The second-order valence-corrected chi connectivity index (χ2v) is 5.41. The zero-order valence-electron chi connectivity index (χ0n) is 9.70. The Balaban J connectivity index is 2.78. The highest BCUT2D eigenvalue weighted by atomic mass is 32.2. The van der Waals surface area contributed by atoms with Gasteiger partial charge in [0.2, 0.25) is 10.0 Å². The molecule has 8 heteroatoms. The van der Waals surface area contributed by atoms with Crippen molar-refractivity contribution < 1.29 is 13.3 Å². The normalized spacial score (nSPS) is 11.4. The Bertz CT molecular complexity index is 516. The molecule has 0 aromatic heterocycles. The number of unbranched alkanes of at least 4 members (excludes halogenated alkanes) is 1. The molecule has 1 aromatic rings. The Labute approximate surface area is 105 Å². The minimum atomic E-state index is -3.69. The number of hydrogen-bond acceptors (Lipinski definition) is 5. The predicted octanol–water partition coefficient (Wildman–Crippen LogP) is 0.612. The van der Waals surface area contributed by atoms with Crippen molar-refractivity contribution in [2.75, 3.05) is 13.1 Å². The van der Waals surface area contributed by atoms with Gasteiger partial charge in [-0.3, -0.25) is 10.1 Å². The number of nitrogens with two attached hydrogens (primary N) is 1. The summed E-state index contributed by atoms with van der Waals surface area (Å²) < 4.78 is 26.0. The summed E-state index contributed by atoms with van der Waals surface area (Å²) in [6, 6.07) is 4.93. The van der Waals surface area contributed by atoms with Crippen LogP contribution in [0.5, 0.6) is 0 Å². The fraction of sp³-hybridized carbons (Fsp3) is 0.400. The van der Waals surface area contributed by atoms with Gasteiger partial charge in [0.1, 0.15) is 0 Å². The molecule has 100 valence electrons. The standard InChI is InChI=1S/C10H15N3O4S/c11-6-1-2-7-12-18(16,17)10-5-3-4-9(8-10)13(14)15/h3-5,8,12H,1-2,6-7,11H2. The Kier molecular flexibility index (Phi) is 5.20. The van der Waals surface area contributed by atoms with Gasteiger partial charge in [-0.2, -0.15) is 0 Å². The van der Waals surface area contributed by atoms with Gasteiger partial charge in [0.25, 0.3) is 5.69 Å². The van der Waals surface area contributed by atoms with Gasteiger partial charge in [0, 0.05) is 18.7 Å². The van der Waals surface area contributed by atoms with Crippen molar-refractivity contribution >= 4 is 15.7 Å². The Morgan fingerprint density at radius 2 is 2.06 bits per heavy atom. The number of benzene rings is 1. The van der Waals surface area contributed by atoms with Crippen LogP contribution in [0, 0.1) is 10.1 Å². The van der Waals surface area contributed by atoms with Crippen molar-refractivity contribution in [3.8, 4) is 0 Å². The summed E-state index contributed by atoms with van der Waals surface area (Å²) in [7, 11) is -3.69. The predicted molar refractivity (Wildman–Crippen MR) is 66.6 cm³/mol. The molecule has 18 heavy (non-hydrogen) atoms. The number of hydrogen-bond donors (Lipinski definition) is 2. The molecule has 0 unspecified atom stereocenters. The molecule has 0 aliphatic rings. The van der Waals surface area contributed by atoms with E-state index in [-0.39, 0.29) is 17.1 Å². The third kappa shape index (κ3) is 4.06. The molecular weight excluding hydrogens is 258 g/mol. The van der Waals surface area contributed by atoms with E-state index in [0.29, 0.717) is 13.0 Å². The first kappa shape index (κ1) is 14.6. The molecule has 0 radical (unpaired) electrons. The van der Waals surface area contributed by atoms with Gasteiger partial charge in [0.05, 0.1) is 9.82 Å². The number of rotatable bonds is 7. The first-order chi connectivity index (χ1) is 8.47. The van der Waals surface area contributed by atoms with Gasteiger partial charge in [-0.15, -0.1) is 0 Å². The van der Waals surface area contributed by atoms with Crippen molar-refractivity contribution in [1.29, 1.82) is 0 Å². The molecule has 0 spiro atoms. The third-order valence-electron chi connectivity index (χ3n) is 2.26. The van der Waals surface area contributed by atoms with Crippen molar-refractivity contribution in [3.05, 3.63) is 34.4 Å². The average Bonchev–Trinajstić information content (AvgIpc) is 2.35. The Morgan fingerprint density at radius 3 is 2.67 bits per heavy atom. The molecule has 0 saturated heterocycles. The van der Waals surface area contributed by atoms with Crippen LogP contribution < -0.4 is 10.5 Å². The van der Waals surface area contributed by atoms with Crippen LogP contribution in [0.4, 0.5) is 5.69 Å². The monoisotopic (exact) mass is 273 g/mol. The van der Waals surface area contributed by atoms with Gasteiger partial charge in [-0.25, -0.2) is 13.1 Å². The third-order valence-corrected chi connectivity index (χ3v) is 3.72. The molecule has 0 aliphatic heterocycles. The topological polar surface area (TPSA) is 115 Å². The van der Waals surface area contributed by atoms with E-state index in [1.807, 2.05) is 0 Å². The lowest BCUT2D eigenvalue weighted by atomic mass is 10.3. The lowest BCUT2D eigenvalue weighted by Gasteiger charge is -2.06. The second kappa shape index (κ2) is 6.43. The van der Waals surface area contributed by atoms with Crippen molar-refractivity contribution in [2.45, 2.75) is 17.7 Å². The van der Waals surface area contributed by atoms with E-state index >= 15 is 0 Å². The highest BCUT2D eigenvalue weighted by Crippen LogP contribution is 2.16. The number of nitrogens with one attached hydrogen (secondary N) is 1. The molecular formula is C10H15N3O4S. The van der Waals surface area contributed by atoms with Gasteiger partial charge in [-0.05, 0) is 25.5 Å². The molecule has 1 rings (SSSR count). The van der Waals surface area contributed by atoms with E-state index in [9.17, 15) is 18.5 Å². The van der Waals surface area contributed by atoms with Crippen LogP contribution in [0.1, 0.15) is 12.8 Å².